The molecule has 0 fully saturated rings. The van der Waals surface area contributed by atoms with Crippen LogP contribution in [0.4, 0.5) is 0 Å². The van der Waals surface area contributed by atoms with Crippen LogP contribution < -0.4 is 0 Å². The zero-order valence-corrected chi connectivity index (χ0v) is 18.8. The van der Waals surface area contributed by atoms with E-state index in [1.54, 1.807) is 11.1 Å². The van der Waals surface area contributed by atoms with Gasteiger partial charge in [0.15, 0.2) is 0 Å². The van der Waals surface area contributed by atoms with Crippen LogP contribution in [0, 0.1) is 11.8 Å². The Hall–Kier alpha value is 0.410. The molecule has 0 atom stereocenters. The molecule has 3 heteroatoms. The molecule has 118 valence electrons. The number of hydrogen-bond donors (Lipinski definition) is 0. The predicted molar refractivity (Wildman–Crippen MR) is 95.0 cm³/mol. The van der Waals surface area contributed by atoms with Crippen molar-refractivity contribution in [1.29, 1.82) is 0 Å². The van der Waals surface area contributed by atoms with Gasteiger partial charge < -0.3 is 0 Å². The standard InChI is InChI=1S/2C9H13.2ClH.Hf/c2*1-8(2)7-9-5-3-4-6-9;;;/h2*3,5,8H,4,7H2,1-2H3;2*1H;. The van der Waals surface area contributed by atoms with Crippen molar-refractivity contribution in [3.63, 3.8) is 0 Å². The van der Waals surface area contributed by atoms with Crippen molar-refractivity contribution >= 4 is 24.8 Å². The van der Waals surface area contributed by atoms with E-state index >= 15 is 0 Å². The summed E-state index contributed by atoms with van der Waals surface area (Å²) < 4.78 is 3.74. The Kier molecular flexibility index (Phi) is 10.4. The first-order chi connectivity index (χ1) is 9.06. The van der Waals surface area contributed by atoms with Crippen LogP contribution in [0.2, 0.25) is 0 Å². The molecule has 0 nitrogen and oxygen atoms in total. The summed E-state index contributed by atoms with van der Waals surface area (Å²) in [5.74, 6) is 1.59. The summed E-state index contributed by atoms with van der Waals surface area (Å²) >= 11 is -0.740. The number of allylic oxidation sites excluding steroid dienone is 8. The molecule has 0 aromatic carbocycles. The molecule has 21 heavy (non-hydrogen) atoms. The monoisotopic (exact) mass is 494 g/mol. The molecule has 2 aliphatic carbocycles. The van der Waals surface area contributed by atoms with Crippen LogP contribution >= 0.6 is 24.8 Å². The van der Waals surface area contributed by atoms with Crippen LogP contribution in [0.25, 0.3) is 0 Å². The average molecular weight is 494 g/mol. The first-order valence-electron chi connectivity index (χ1n) is 7.60. The summed E-state index contributed by atoms with van der Waals surface area (Å²) in [6.45, 7) is 9.35. The van der Waals surface area contributed by atoms with Gasteiger partial charge in [0.1, 0.15) is 0 Å². The molecular formula is C18H28Cl2Hf. The first-order valence-corrected chi connectivity index (χ1v) is 11.2. The Morgan fingerprint density at radius 1 is 0.810 bits per heavy atom. The van der Waals surface area contributed by atoms with Gasteiger partial charge >= 0.3 is 130 Å². The molecule has 0 aromatic heterocycles. The van der Waals surface area contributed by atoms with E-state index in [1.807, 2.05) is 6.66 Å². The van der Waals surface area contributed by atoms with Gasteiger partial charge in [-0.15, -0.1) is 24.8 Å². The summed E-state index contributed by atoms with van der Waals surface area (Å²) in [5, 5.41) is 0. The molecular weight excluding hydrogens is 466 g/mol. The van der Waals surface area contributed by atoms with Crippen molar-refractivity contribution in [1.82, 2.24) is 0 Å². The van der Waals surface area contributed by atoms with Crippen LogP contribution in [0.1, 0.15) is 53.4 Å². The van der Waals surface area contributed by atoms with Gasteiger partial charge in [0.2, 0.25) is 0 Å². The minimum Gasteiger partial charge on any atom is -0.147 e. The van der Waals surface area contributed by atoms with Crippen molar-refractivity contribution in [3.05, 3.63) is 42.1 Å². The van der Waals surface area contributed by atoms with Crippen LogP contribution in [-0.4, -0.2) is 0 Å². The second-order valence-corrected chi connectivity index (χ2v) is 11.8. The van der Waals surface area contributed by atoms with Gasteiger partial charge in [-0.1, -0.05) is 0 Å². The average Bonchev–Trinajstić information content (AvgIpc) is 2.89. The topological polar surface area (TPSA) is 0 Å². The van der Waals surface area contributed by atoms with Crippen LogP contribution in [0.3, 0.4) is 0 Å². The van der Waals surface area contributed by atoms with E-state index in [4.69, 9.17) is 0 Å². The van der Waals surface area contributed by atoms with E-state index in [1.165, 1.54) is 25.7 Å². The molecule has 0 aliphatic heterocycles. The van der Waals surface area contributed by atoms with Crippen molar-refractivity contribution in [2.75, 3.05) is 0 Å². The van der Waals surface area contributed by atoms with E-state index in [2.05, 4.69) is 52.0 Å². The third kappa shape index (κ3) is 6.59. The smallest absolute Gasteiger partial charge is 0.147 e. The summed E-state index contributed by atoms with van der Waals surface area (Å²) in [6, 6.07) is 0. The Balaban J connectivity index is 0.00000200. The number of rotatable bonds is 6. The van der Waals surface area contributed by atoms with E-state index in [-0.39, 0.29) is 24.8 Å². The van der Waals surface area contributed by atoms with Gasteiger partial charge in [0.05, 0.1) is 0 Å². The third-order valence-electron chi connectivity index (χ3n) is 3.62. The summed E-state index contributed by atoms with van der Waals surface area (Å²) in [6.07, 6.45) is 14.7. The molecule has 0 radical (unpaired) electrons. The van der Waals surface area contributed by atoms with Crippen LogP contribution in [0.15, 0.2) is 42.1 Å². The number of halogens is 2. The maximum absolute atomic E-state index is 2.41. The van der Waals surface area contributed by atoms with Gasteiger partial charge in [-0.3, -0.25) is 0 Å². The molecule has 0 bridgehead atoms. The van der Waals surface area contributed by atoms with Crippen molar-refractivity contribution in [2.45, 2.75) is 53.4 Å². The molecule has 0 saturated heterocycles. The number of hydrogen-bond acceptors (Lipinski definition) is 0. The normalized spacial score (nSPS) is 16.9. The molecule has 0 amide bonds. The largest absolute Gasteiger partial charge is 0.147 e. The second kappa shape index (κ2) is 10.2. The fraction of sp³-hybridized carbons (Fsp3) is 0.556. The molecule has 2 aliphatic rings. The Morgan fingerprint density at radius 2 is 1.19 bits per heavy atom. The van der Waals surface area contributed by atoms with E-state index in [0.717, 1.165) is 11.8 Å². The van der Waals surface area contributed by atoms with Crippen molar-refractivity contribution in [2.24, 2.45) is 11.8 Å². The van der Waals surface area contributed by atoms with Crippen LogP contribution in [0.5, 0.6) is 0 Å². The molecule has 0 unspecified atom stereocenters. The minimum absolute atomic E-state index is 0. The van der Waals surface area contributed by atoms with Gasteiger partial charge in [-0.2, -0.15) is 0 Å². The first kappa shape index (κ1) is 21.4. The zero-order chi connectivity index (χ0) is 13.8. The quantitative estimate of drug-likeness (QED) is 0.374. The van der Waals surface area contributed by atoms with Crippen molar-refractivity contribution in [3.8, 4) is 0 Å². The van der Waals surface area contributed by atoms with Gasteiger partial charge in [0, 0.05) is 0 Å². The molecule has 0 N–H and O–H groups in total. The van der Waals surface area contributed by atoms with Gasteiger partial charge in [-0.05, 0) is 0 Å². The van der Waals surface area contributed by atoms with Crippen LogP contribution in [-0.2, 0) is 22.9 Å². The fourth-order valence-corrected chi connectivity index (χ4v) is 8.18. The zero-order valence-electron chi connectivity index (χ0n) is 13.6. The molecule has 0 aromatic rings. The predicted octanol–water partition coefficient (Wildman–Crippen LogP) is 6.43. The van der Waals surface area contributed by atoms with E-state index in [9.17, 15) is 0 Å². The summed E-state index contributed by atoms with van der Waals surface area (Å²) in [7, 11) is 0. The Morgan fingerprint density at radius 3 is 1.52 bits per heavy atom. The van der Waals surface area contributed by atoms with Crippen molar-refractivity contribution < 1.29 is 22.9 Å². The summed E-state index contributed by atoms with van der Waals surface area (Å²) in [5.41, 5.74) is 3.39. The molecule has 0 heterocycles. The molecule has 0 spiro atoms. The molecule has 2 rings (SSSR count). The minimum atomic E-state index is -0.740. The maximum atomic E-state index is 2.41. The van der Waals surface area contributed by atoms with Gasteiger partial charge in [-0.25, -0.2) is 0 Å². The summed E-state index contributed by atoms with van der Waals surface area (Å²) in [4.78, 5) is 0. The maximum Gasteiger partial charge on any atom is -0.147 e. The van der Waals surface area contributed by atoms with E-state index < -0.39 is 22.9 Å². The van der Waals surface area contributed by atoms with Gasteiger partial charge in [0.25, 0.3) is 0 Å². The molecule has 0 saturated carbocycles. The Labute approximate surface area is 154 Å². The second-order valence-electron chi connectivity index (χ2n) is 6.54. The van der Waals surface area contributed by atoms with E-state index in [0.29, 0.717) is 0 Å². The Bertz CT molecular complexity index is 412. The fourth-order valence-electron chi connectivity index (χ4n) is 2.81. The third-order valence-corrected chi connectivity index (χ3v) is 9.56. The SMILES string of the molecule is CC(C)CC1=[C]([Hf][C]2=C(CC(C)C)C=CC2)CC=C1.Cl.Cl.